The smallest absolute Gasteiger partial charge is 0.325 e. The number of likely N-dealkylation sites (N-methyl/N-ethyl adjacent to an activating group) is 1. The van der Waals surface area contributed by atoms with Gasteiger partial charge in [-0.25, -0.2) is 4.79 Å². The van der Waals surface area contributed by atoms with Gasteiger partial charge in [-0.2, -0.15) is 0 Å². The number of amides is 2. The number of nitrogens with zero attached hydrogens (tertiary/aromatic N) is 4. The van der Waals surface area contributed by atoms with Gasteiger partial charge in [0.15, 0.2) is 0 Å². The highest BCUT2D eigenvalue weighted by Crippen LogP contribution is 2.36. The first-order valence-electron chi connectivity index (χ1n) is 11.1. The molecule has 2 aromatic carbocycles. The monoisotopic (exact) mass is 458 g/mol. The molecule has 0 saturated carbocycles. The first kappa shape index (κ1) is 21.6. The van der Waals surface area contributed by atoms with Crippen molar-refractivity contribution >= 4 is 23.2 Å². The van der Waals surface area contributed by atoms with E-state index in [2.05, 4.69) is 18.0 Å². The first-order chi connectivity index (χ1) is 16.0. The van der Waals surface area contributed by atoms with Gasteiger partial charge in [-0.05, 0) is 36.4 Å². The van der Waals surface area contributed by atoms with Crippen molar-refractivity contribution in [2.24, 2.45) is 0 Å². The van der Waals surface area contributed by atoms with E-state index >= 15 is 0 Å². The molecule has 5 rings (SSSR count). The molecule has 3 heterocycles. The molecule has 0 unspecified atom stereocenters. The molecule has 2 amide bonds. The number of pyridine rings is 1. The molecule has 7 heteroatoms. The average molecular weight is 459 g/mol. The van der Waals surface area contributed by atoms with E-state index in [9.17, 15) is 4.79 Å². The van der Waals surface area contributed by atoms with Crippen LogP contribution in [0.3, 0.4) is 0 Å². The second kappa shape index (κ2) is 8.92. The molecular weight excluding hydrogens is 432 g/mol. The summed E-state index contributed by atoms with van der Waals surface area (Å²) in [6.07, 6.45) is 0. The SMILES string of the molecule is COc1ccc(-c2cc(-c3ccccc3)nc3c2C(=S)N(C(=O)N2CCN(C)CC2)C3)cc1. The van der Waals surface area contributed by atoms with Crippen LogP contribution in [0.4, 0.5) is 4.79 Å². The second-order valence-electron chi connectivity index (χ2n) is 8.44. The van der Waals surface area contributed by atoms with Gasteiger partial charge >= 0.3 is 6.03 Å². The fourth-order valence-electron chi connectivity index (χ4n) is 4.39. The standard InChI is InChI=1S/C26H26N4O2S/c1-28-12-14-29(15-13-28)26(31)30-17-23-24(25(30)33)21(18-8-10-20(32-2)11-9-18)16-22(27-23)19-6-4-3-5-7-19/h3-11,16H,12-15,17H2,1-2H3. The van der Waals surface area contributed by atoms with Crippen molar-refractivity contribution in [3.63, 3.8) is 0 Å². The number of hydrogen-bond donors (Lipinski definition) is 0. The zero-order chi connectivity index (χ0) is 22.9. The molecule has 33 heavy (non-hydrogen) atoms. The van der Waals surface area contributed by atoms with Gasteiger partial charge in [0, 0.05) is 37.3 Å². The molecule has 0 spiro atoms. The van der Waals surface area contributed by atoms with E-state index in [0.29, 0.717) is 24.6 Å². The van der Waals surface area contributed by atoms with Gasteiger partial charge in [-0.15, -0.1) is 0 Å². The van der Waals surface area contributed by atoms with Gasteiger partial charge in [0.05, 0.1) is 25.0 Å². The number of benzene rings is 2. The van der Waals surface area contributed by atoms with Gasteiger partial charge in [0.1, 0.15) is 10.7 Å². The van der Waals surface area contributed by atoms with Crippen LogP contribution < -0.4 is 4.74 Å². The number of hydrogen-bond acceptors (Lipinski definition) is 5. The summed E-state index contributed by atoms with van der Waals surface area (Å²) in [6.45, 7) is 3.54. The highest BCUT2D eigenvalue weighted by atomic mass is 32.1. The van der Waals surface area contributed by atoms with Crippen molar-refractivity contribution in [3.05, 3.63) is 71.9 Å². The molecule has 0 radical (unpaired) electrons. The summed E-state index contributed by atoms with van der Waals surface area (Å²) in [7, 11) is 3.73. The van der Waals surface area contributed by atoms with Gasteiger partial charge in [0.2, 0.25) is 0 Å². The predicted molar refractivity (Wildman–Crippen MR) is 133 cm³/mol. The lowest BCUT2D eigenvalue weighted by Crippen LogP contribution is -2.51. The minimum Gasteiger partial charge on any atom is -0.497 e. The highest BCUT2D eigenvalue weighted by Gasteiger charge is 2.36. The Bertz CT molecular complexity index is 1190. The van der Waals surface area contributed by atoms with E-state index in [0.717, 1.165) is 52.5 Å². The minimum atomic E-state index is -0.0342. The van der Waals surface area contributed by atoms with Gasteiger partial charge in [-0.3, -0.25) is 9.88 Å². The maximum absolute atomic E-state index is 13.4. The van der Waals surface area contributed by atoms with Crippen molar-refractivity contribution in [2.45, 2.75) is 6.54 Å². The van der Waals surface area contributed by atoms with Crippen LogP contribution in [0.25, 0.3) is 22.4 Å². The van der Waals surface area contributed by atoms with Crippen molar-refractivity contribution in [2.75, 3.05) is 40.3 Å². The summed E-state index contributed by atoms with van der Waals surface area (Å²) in [4.78, 5) is 24.7. The maximum atomic E-state index is 13.4. The highest BCUT2D eigenvalue weighted by molar-refractivity contribution is 7.80. The van der Waals surface area contributed by atoms with Crippen molar-refractivity contribution in [1.29, 1.82) is 0 Å². The molecule has 1 saturated heterocycles. The summed E-state index contributed by atoms with van der Waals surface area (Å²) < 4.78 is 5.34. The van der Waals surface area contributed by atoms with Crippen LogP contribution >= 0.6 is 12.2 Å². The van der Waals surface area contributed by atoms with Crippen LogP contribution in [0.5, 0.6) is 5.75 Å². The summed E-state index contributed by atoms with van der Waals surface area (Å²) in [5, 5.41) is 0. The van der Waals surface area contributed by atoms with Crippen LogP contribution in [0.15, 0.2) is 60.7 Å². The van der Waals surface area contributed by atoms with E-state index in [1.807, 2.05) is 59.5 Å². The second-order valence-corrected chi connectivity index (χ2v) is 8.82. The van der Waals surface area contributed by atoms with Crippen molar-refractivity contribution in [1.82, 2.24) is 19.7 Å². The summed E-state index contributed by atoms with van der Waals surface area (Å²) in [6, 6.07) is 20.1. The van der Waals surface area contributed by atoms with Gasteiger partial charge in [-0.1, -0.05) is 54.7 Å². The number of methoxy groups -OCH3 is 1. The number of piperazine rings is 1. The number of carbonyl (C=O) groups is 1. The lowest BCUT2D eigenvalue weighted by molar-refractivity contribution is 0.138. The summed E-state index contributed by atoms with van der Waals surface area (Å²) >= 11 is 5.86. The molecule has 0 bridgehead atoms. The van der Waals surface area contributed by atoms with Crippen LogP contribution in [-0.4, -0.2) is 71.0 Å². The number of ether oxygens (including phenoxy) is 1. The lowest BCUT2D eigenvalue weighted by atomic mass is 9.97. The third-order valence-corrected chi connectivity index (χ3v) is 6.76. The maximum Gasteiger partial charge on any atom is 0.325 e. The molecule has 0 aliphatic carbocycles. The van der Waals surface area contributed by atoms with Crippen LogP contribution in [0, 0.1) is 0 Å². The fraction of sp³-hybridized carbons (Fsp3) is 0.269. The Morgan fingerprint density at radius 1 is 0.970 bits per heavy atom. The molecule has 6 nitrogen and oxygen atoms in total. The van der Waals surface area contributed by atoms with Crippen LogP contribution in [0.1, 0.15) is 11.3 Å². The zero-order valence-corrected chi connectivity index (χ0v) is 19.6. The van der Waals surface area contributed by atoms with Crippen LogP contribution in [-0.2, 0) is 6.54 Å². The van der Waals surface area contributed by atoms with Crippen molar-refractivity contribution in [3.8, 4) is 28.1 Å². The van der Waals surface area contributed by atoms with E-state index in [-0.39, 0.29) is 6.03 Å². The Morgan fingerprint density at radius 2 is 1.67 bits per heavy atom. The molecule has 168 valence electrons. The number of fused-ring (bicyclic) bond motifs is 1. The molecule has 0 atom stereocenters. The molecular formula is C26H26N4O2S. The molecule has 3 aromatic rings. The van der Waals surface area contributed by atoms with Gasteiger partial charge in [0.25, 0.3) is 0 Å². The third kappa shape index (κ3) is 4.10. The Morgan fingerprint density at radius 3 is 2.33 bits per heavy atom. The van der Waals surface area contributed by atoms with E-state index in [4.69, 9.17) is 21.9 Å². The third-order valence-electron chi connectivity index (χ3n) is 6.34. The summed E-state index contributed by atoms with van der Waals surface area (Å²) in [5.41, 5.74) is 5.62. The summed E-state index contributed by atoms with van der Waals surface area (Å²) in [5.74, 6) is 0.794. The van der Waals surface area contributed by atoms with Crippen molar-refractivity contribution < 1.29 is 9.53 Å². The number of rotatable bonds is 3. The molecule has 1 aromatic heterocycles. The predicted octanol–water partition coefficient (Wildman–Crippen LogP) is 4.28. The van der Waals surface area contributed by atoms with E-state index < -0.39 is 0 Å². The molecule has 2 aliphatic heterocycles. The number of aromatic nitrogens is 1. The van der Waals surface area contributed by atoms with Crippen LogP contribution in [0.2, 0.25) is 0 Å². The quantitative estimate of drug-likeness (QED) is 0.549. The number of thiocarbonyl (C=S) groups is 1. The topological polar surface area (TPSA) is 48.9 Å². The largest absolute Gasteiger partial charge is 0.497 e. The fourth-order valence-corrected chi connectivity index (χ4v) is 4.76. The molecule has 2 aliphatic rings. The number of carbonyl (C=O) groups excluding carboxylic acids is 1. The van der Waals surface area contributed by atoms with Gasteiger partial charge < -0.3 is 14.5 Å². The number of urea groups is 1. The first-order valence-corrected chi connectivity index (χ1v) is 11.5. The Balaban J connectivity index is 1.56. The lowest BCUT2D eigenvalue weighted by Gasteiger charge is -2.34. The zero-order valence-electron chi connectivity index (χ0n) is 18.8. The molecule has 1 fully saturated rings. The Hall–Kier alpha value is -3.29. The molecule has 0 N–H and O–H groups in total. The Labute approximate surface area is 199 Å². The van der Waals surface area contributed by atoms with E-state index in [1.165, 1.54) is 0 Å². The van der Waals surface area contributed by atoms with E-state index in [1.54, 1.807) is 12.0 Å². The normalized spacial score (nSPS) is 16.1. The Kier molecular flexibility index (Phi) is 5.83. The minimum absolute atomic E-state index is 0.0342. The average Bonchev–Trinajstić information content (AvgIpc) is 3.20.